The van der Waals surface area contributed by atoms with Gasteiger partial charge in [-0.25, -0.2) is 0 Å². The summed E-state index contributed by atoms with van der Waals surface area (Å²) in [5.41, 5.74) is 0.980. The number of halogens is 1. The van der Waals surface area contributed by atoms with Gasteiger partial charge in [0.15, 0.2) is 11.5 Å². The zero-order valence-electron chi connectivity index (χ0n) is 15.4. The number of ether oxygens (including phenoxy) is 4. The summed E-state index contributed by atoms with van der Waals surface area (Å²) in [7, 11) is 3.22. The fourth-order valence-corrected chi connectivity index (χ4v) is 3.07. The maximum Gasteiger partial charge on any atom is 0.161 e. The van der Waals surface area contributed by atoms with Crippen molar-refractivity contribution in [2.24, 2.45) is 0 Å². The van der Waals surface area contributed by atoms with Crippen LogP contribution in [0, 0.1) is 0 Å². The first kappa shape index (κ1) is 22.0. The highest BCUT2D eigenvalue weighted by Crippen LogP contribution is 2.27. The SMILES string of the molecule is COc1ccc(COCC(O)CN2CC(C)OC(C)C2)cc1OC.Cl. The lowest BCUT2D eigenvalue weighted by Gasteiger charge is -2.36. The van der Waals surface area contributed by atoms with Crippen LogP contribution < -0.4 is 9.47 Å². The van der Waals surface area contributed by atoms with E-state index in [-0.39, 0.29) is 24.6 Å². The first-order chi connectivity index (χ1) is 11.5. The predicted octanol–water partition coefficient (Wildman–Crippen LogP) is 2.11. The summed E-state index contributed by atoms with van der Waals surface area (Å²) in [4.78, 5) is 2.23. The van der Waals surface area contributed by atoms with E-state index in [1.807, 2.05) is 18.2 Å². The molecule has 144 valence electrons. The maximum absolute atomic E-state index is 10.2. The number of benzene rings is 1. The van der Waals surface area contributed by atoms with E-state index >= 15 is 0 Å². The summed E-state index contributed by atoms with van der Waals surface area (Å²) in [5.74, 6) is 1.37. The van der Waals surface area contributed by atoms with Crippen molar-refractivity contribution in [3.05, 3.63) is 23.8 Å². The minimum absolute atomic E-state index is 0. The summed E-state index contributed by atoms with van der Waals surface area (Å²) >= 11 is 0. The molecule has 0 radical (unpaired) electrons. The summed E-state index contributed by atoms with van der Waals surface area (Å²) in [5, 5.41) is 10.2. The van der Waals surface area contributed by atoms with Crippen LogP contribution in [-0.4, -0.2) is 68.8 Å². The van der Waals surface area contributed by atoms with Gasteiger partial charge in [-0.05, 0) is 31.5 Å². The Bertz CT molecular complexity index is 506. The lowest BCUT2D eigenvalue weighted by Crippen LogP contribution is -2.48. The normalized spacial score (nSPS) is 22.1. The number of hydrogen-bond donors (Lipinski definition) is 1. The van der Waals surface area contributed by atoms with Crippen molar-refractivity contribution in [3.8, 4) is 11.5 Å². The fourth-order valence-electron chi connectivity index (χ4n) is 3.07. The minimum Gasteiger partial charge on any atom is -0.493 e. The average molecular weight is 376 g/mol. The number of hydrogen-bond acceptors (Lipinski definition) is 6. The highest BCUT2D eigenvalue weighted by atomic mass is 35.5. The van der Waals surface area contributed by atoms with Crippen molar-refractivity contribution in [1.82, 2.24) is 4.90 Å². The average Bonchev–Trinajstić information content (AvgIpc) is 2.53. The van der Waals surface area contributed by atoms with Gasteiger partial charge in [0.25, 0.3) is 0 Å². The van der Waals surface area contributed by atoms with E-state index < -0.39 is 6.10 Å². The second kappa shape index (κ2) is 10.8. The lowest BCUT2D eigenvalue weighted by molar-refractivity contribution is -0.0826. The Morgan fingerprint density at radius 1 is 1.16 bits per heavy atom. The summed E-state index contributed by atoms with van der Waals surface area (Å²) < 4.78 is 21.8. The second-order valence-electron chi connectivity index (χ2n) is 6.33. The van der Waals surface area contributed by atoms with Crippen LogP contribution >= 0.6 is 12.4 Å². The molecule has 0 spiro atoms. The third-order valence-corrected chi connectivity index (χ3v) is 3.99. The van der Waals surface area contributed by atoms with Gasteiger partial charge in [-0.15, -0.1) is 12.4 Å². The van der Waals surface area contributed by atoms with E-state index in [9.17, 15) is 5.11 Å². The molecule has 3 unspecified atom stereocenters. The first-order valence-electron chi connectivity index (χ1n) is 8.36. The number of rotatable bonds is 8. The number of aliphatic hydroxyl groups is 1. The third kappa shape index (κ3) is 6.99. The molecule has 7 heteroatoms. The van der Waals surface area contributed by atoms with Gasteiger partial charge < -0.3 is 24.1 Å². The molecule has 0 aliphatic carbocycles. The maximum atomic E-state index is 10.2. The molecule has 1 fully saturated rings. The van der Waals surface area contributed by atoms with E-state index in [0.29, 0.717) is 31.3 Å². The summed E-state index contributed by atoms with van der Waals surface area (Å²) in [6.45, 7) is 7.13. The van der Waals surface area contributed by atoms with Crippen LogP contribution in [0.15, 0.2) is 18.2 Å². The summed E-state index contributed by atoms with van der Waals surface area (Å²) in [6.07, 6.45) is -0.107. The van der Waals surface area contributed by atoms with Gasteiger partial charge in [0.1, 0.15) is 0 Å². The van der Waals surface area contributed by atoms with Crippen LogP contribution in [0.4, 0.5) is 0 Å². The molecule has 1 aromatic rings. The molecule has 0 saturated carbocycles. The van der Waals surface area contributed by atoms with Gasteiger partial charge in [-0.3, -0.25) is 4.90 Å². The summed E-state index contributed by atoms with van der Waals surface area (Å²) in [6, 6.07) is 5.67. The van der Waals surface area contributed by atoms with E-state index in [2.05, 4.69) is 18.7 Å². The highest BCUT2D eigenvalue weighted by Gasteiger charge is 2.23. The van der Waals surface area contributed by atoms with Gasteiger partial charge in [0.05, 0.1) is 45.7 Å². The van der Waals surface area contributed by atoms with Crippen LogP contribution in [0.2, 0.25) is 0 Å². The number of methoxy groups -OCH3 is 2. The van der Waals surface area contributed by atoms with Crippen LogP contribution in [0.5, 0.6) is 11.5 Å². The van der Waals surface area contributed by atoms with Gasteiger partial charge in [-0.2, -0.15) is 0 Å². The number of β-amino-alcohol motifs (C(OH)–C–C–N with tert-alkyl or cyclic N) is 1. The van der Waals surface area contributed by atoms with Crippen molar-refractivity contribution in [2.45, 2.75) is 38.8 Å². The smallest absolute Gasteiger partial charge is 0.161 e. The molecular formula is C18H30ClNO5. The van der Waals surface area contributed by atoms with E-state index in [1.54, 1.807) is 14.2 Å². The Balaban J connectivity index is 0.00000312. The zero-order chi connectivity index (χ0) is 17.5. The molecule has 0 bridgehead atoms. The topological polar surface area (TPSA) is 60.4 Å². The van der Waals surface area contributed by atoms with Gasteiger partial charge >= 0.3 is 0 Å². The standard InChI is InChI=1S/C18H29NO5.ClH/c1-13-8-19(9-14(2)24-13)10-16(20)12-23-11-15-5-6-17(21-3)18(7-15)22-4;/h5-7,13-14,16,20H,8-12H2,1-4H3;1H. The van der Waals surface area contributed by atoms with E-state index in [0.717, 1.165) is 18.7 Å². The Kier molecular flexibility index (Phi) is 9.53. The highest BCUT2D eigenvalue weighted by molar-refractivity contribution is 5.85. The number of aliphatic hydroxyl groups excluding tert-OH is 1. The third-order valence-electron chi connectivity index (χ3n) is 3.99. The van der Waals surface area contributed by atoms with Gasteiger partial charge in [0, 0.05) is 19.6 Å². The van der Waals surface area contributed by atoms with Crippen molar-refractivity contribution in [1.29, 1.82) is 0 Å². The van der Waals surface area contributed by atoms with Crippen LogP contribution in [-0.2, 0) is 16.1 Å². The minimum atomic E-state index is -0.511. The molecule has 1 saturated heterocycles. The van der Waals surface area contributed by atoms with Crippen molar-refractivity contribution in [3.63, 3.8) is 0 Å². The van der Waals surface area contributed by atoms with Gasteiger partial charge in [0.2, 0.25) is 0 Å². The zero-order valence-corrected chi connectivity index (χ0v) is 16.3. The molecule has 25 heavy (non-hydrogen) atoms. The molecule has 3 atom stereocenters. The van der Waals surface area contributed by atoms with Crippen LogP contribution in [0.3, 0.4) is 0 Å². The molecular weight excluding hydrogens is 346 g/mol. The van der Waals surface area contributed by atoms with Crippen LogP contribution in [0.25, 0.3) is 0 Å². The van der Waals surface area contributed by atoms with E-state index in [1.165, 1.54) is 0 Å². The van der Waals surface area contributed by atoms with E-state index in [4.69, 9.17) is 18.9 Å². The Hall–Kier alpha value is -1.05. The molecule has 0 aromatic heterocycles. The molecule has 1 heterocycles. The van der Waals surface area contributed by atoms with Crippen molar-refractivity contribution in [2.75, 3.05) is 40.5 Å². The predicted molar refractivity (Wildman–Crippen MR) is 98.9 cm³/mol. The molecule has 6 nitrogen and oxygen atoms in total. The molecule has 2 rings (SSSR count). The molecule has 1 N–H and O–H groups in total. The molecule has 1 aliphatic rings. The quantitative estimate of drug-likeness (QED) is 0.751. The monoisotopic (exact) mass is 375 g/mol. The van der Waals surface area contributed by atoms with Gasteiger partial charge in [-0.1, -0.05) is 6.07 Å². The second-order valence-corrected chi connectivity index (χ2v) is 6.33. The van der Waals surface area contributed by atoms with Crippen LogP contribution in [0.1, 0.15) is 19.4 Å². The van der Waals surface area contributed by atoms with Crippen molar-refractivity contribution >= 4 is 12.4 Å². The first-order valence-corrected chi connectivity index (χ1v) is 8.36. The Labute approximate surface area is 156 Å². The Morgan fingerprint density at radius 2 is 1.80 bits per heavy atom. The number of nitrogens with zero attached hydrogens (tertiary/aromatic N) is 1. The van der Waals surface area contributed by atoms with Crippen molar-refractivity contribution < 1.29 is 24.1 Å². The number of morpholine rings is 1. The largest absolute Gasteiger partial charge is 0.493 e. The molecule has 1 aliphatic heterocycles. The lowest BCUT2D eigenvalue weighted by atomic mass is 10.2. The molecule has 0 amide bonds. The Morgan fingerprint density at radius 3 is 2.40 bits per heavy atom. The molecule has 1 aromatic carbocycles. The fraction of sp³-hybridized carbons (Fsp3) is 0.667.